The molecule has 2 unspecified atom stereocenters. The summed E-state index contributed by atoms with van der Waals surface area (Å²) in [7, 11) is -3.29. The van der Waals surface area contributed by atoms with E-state index < -0.39 is 14.8 Å². The lowest BCUT2D eigenvalue weighted by molar-refractivity contribution is 0.0979. The number of benzene rings is 1. The molecule has 2 rings (SSSR count). The van der Waals surface area contributed by atoms with Gasteiger partial charge in [-0.2, -0.15) is 9.57 Å². The van der Waals surface area contributed by atoms with Crippen molar-refractivity contribution in [3.63, 3.8) is 0 Å². The van der Waals surface area contributed by atoms with Gasteiger partial charge >= 0.3 is 0 Å². The summed E-state index contributed by atoms with van der Waals surface area (Å²) in [5.41, 5.74) is 1.08. The van der Waals surface area contributed by atoms with Crippen LogP contribution >= 0.6 is 0 Å². The molecule has 0 saturated carbocycles. The Hall–Kier alpha value is -1.71. The minimum absolute atomic E-state index is 0.0236. The highest BCUT2D eigenvalue weighted by molar-refractivity contribution is 7.90. The lowest BCUT2D eigenvalue weighted by Crippen LogP contribution is -2.34. The van der Waals surface area contributed by atoms with Crippen LogP contribution in [0.2, 0.25) is 0 Å². The van der Waals surface area contributed by atoms with E-state index in [1.165, 1.54) is 4.31 Å². The van der Waals surface area contributed by atoms with Crippen LogP contribution < -0.4 is 0 Å². The summed E-state index contributed by atoms with van der Waals surface area (Å²) < 4.78 is 25.1. The Morgan fingerprint density at radius 1 is 1.32 bits per heavy atom. The minimum atomic E-state index is -3.29. The molecule has 0 radical (unpaired) electrons. The van der Waals surface area contributed by atoms with Crippen LogP contribution in [0.3, 0.4) is 0 Å². The number of nitrogens with zero attached hydrogens (tertiary/aromatic N) is 2. The standard InChI is InChI=1S/C16H20N2O3S/c1-16(2,3)22(20,21)18-11-14(18)8-9-15(19)13-6-4-12(10-17)5-7-13/h4-7,14H,8-9,11H2,1-3H3. The third-order valence-corrected chi connectivity index (χ3v) is 6.40. The molecule has 118 valence electrons. The van der Waals surface area contributed by atoms with Crippen molar-refractivity contribution in [2.45, 2.75) is 44.4 Å². The van der Waals surface area contributed by atoms with Crippen LogP contribution in [0.15, 0.2) is 24.3 Å². The maximum atomic E-state index is 12.2. The predicted molar refractivity (Wildman–Crippen MR) is 83.9 cm³/mol. The fourth-order valence-electron chi connectivity index (χ4n) is 2.21. The zero-order valence-electron chi connectivity index (χ0n) is 13.0. The third-order valence-electron chi connectivity index (χ3n) is 3.79. The number of Topliss-reactive ketones (excluding diaryl/α,β-unsaturated/α-hetero) is 1. The van der Waals surface area contributed by atoms with E-state index in [2.05, 4.69) is 0 Å². The fraction of sp³-hybridized carbons (Fsp3) is 0.500. The van der Waals surface area contributed by atoms with Gasteiger partial charge in [0.2, 0.25) is 10.0 Å². The first-order valence-corrected chi connectivity index (χ1v) is 8.65. The minimum Gasteiger partial charge on any atom is -0.294 e. The van der Waals surface area contributed by atoms with Crippen LogP contribution in [0.4, 0.5) is 0 Å². The monoisotopic (exact) mass is 320 g/mol. The van der Waals surface area contributed by atoms with Crippen LogP contribution in [-0.4, -0.2) is 35.8 Å². The van der Waals surface area contributed by atoms with Gasteiger partial charge in [0.1, 0.15) is 0 Å². The van der Waals surface area contributed by atoms with Crippen molar-refractivity contribution in [1.29, 1.82) is 5.26 Å². The van der Waals surface area contributed by atoms with E-state index in [1.807, 2.05) is 6.07 Å². The van der Waals surface area contributed by atoms with Gasteiger partial charge in [0, 0.05) is 24.6 Å². The molecule has 0 amide bonds. The maximum Gasteiger partial charge on any atom is 0.219 e. The van der Waals surface area contributed by atoms with E-state index in [-0.39, 0.29) is 11.8 Å². The molecule has 0 aromatic heterocycles. The number of rotatable bonds is 5. The molecule has 0 aliphatic carbocycles. The van der Waals surface area contributed by atoms with Crippen molar-refractivity contribution in [2.24, 2.45) is 0 Å². The van der Waals surface area contributed by atoms with E-state index in [4.69, 9.17) is 5.26 Å². The maximum absolute atomic E-state index is 12.2. The number of nitriles is 1. The molecule has 0 spiro atoms. The average Bonchev–Trinajstić information content (AvgIpc) is 3.24. The number of carbonyl (C=O) groups is 1. The summed E-state index contributed by atoms with van der Waals surface area (Å²) in [5, 5.41) is 8.73. The average molecular weight is 320 g/mol. The highest BCUT2D eigenvalue weighted by Crippen LogP contribution is 2.33. The van der Waals surface area contributed by atoms with Crippen molar-refractivity contribution in [3.05, 3.63) is 35.4 Å². The van der Waals surface area contributed by atoms with Crippen LogP contribution in [0.1, 0.15) is 49.5 Å². The Morgan fingerprint density at radius 2 is 1.91 bits per heavy atom. The van der Waals surface area contributed by atoms with E-state index in [9.17, 15) is 13.2 Å². The molecule has 6 heteroatoms. The van der Waals surface area contributed by atoms with Crippen molar-refractivity contribution in [3.8, 4) is 6.07 Å². The zero-order chi connectivity index (χ0) is 16.5. The SMILES string of the molecule is CC(C)(C)S(=O)(=O)N1CC1CCC(=O)c1ccc(C#N)cc1. The second kappa shape index (κ2) is 5.82. The molecule has 5 nitrogen and oxygen atoms in total. The highest BCUT2D eigenvalue weighted by Gasteiger charge is 2.48. The van der Waals surface area contributed by atoms with Crippen molar-refractivity contribution < 1.29 is 13.2 Å². The van der Waals surface area contributed by atoms with Gasteiger partial charge < -0.3 is 0 Å². The number of hydrogen-bond acceptors (Lipinski definition) is 4. The van der Waals surface area contributed by atoms with Crippen LogP contribution in [0, 0.1) is 11.3 Å². The van der Waals surface area contributed by atoms with Gasteiger partial charge in [-0.3, -0.25) is 4.79 Å². The Balaban J connectivity index is 1.90. The molecule has 1 fully saturated rings. The summed E-state index contributed by atoms with van der Waals surface area (Å²) >= 11 is 0. The summed E-state index contributed by atoms with van der Waals surface area (Å²) in [5.74, 6) is -0.0236. The summed E-state index contributed by atoms with van der Waals surface area (Å²) in [6.45, 7) is 5.54. The van der Waals surface area contributed by atoms with Gasteiger partial charge in [-0.05, 0) is 39.3 Å². The molecule has 1 aromatic rings. The predicted octanol–water partition coefficient (Wildman–Crippen LogP) is 2.33. The van der Waals surface area contributed by atoms with E-state index in [0.717, 1.165) is 0 Å². The Bertz CT molecular complexity index is 709. The van der Waals surface area contributed by atoms with E-state index in [1.54, 1.807) is 45.0 Å². The van der Waals surface area contributed by atoms with Crippen molar-refractivity contribution in [1.82, 2.24) is 4.31 Å². The van der Waals surface area contributed by atoms with Gasteiger partial charge in [0.25, 0.3) is 0 Å². The Morgan fingerprint density at radius 3 is 2.41 bits per heavy atom. The largest absolute Gasteiger partial charge is 0.294 e. The van der Waals surface area contributed by atoms with Gasteiger partial charge in [-0.25, -0.2) is 8.42 Å². The van der Waals surface area contributed by atoms with Crippen molar-refractivity contribution in [2.75, 3.05) is 6.54 Å². The van der Waals surface area contributed by atoms with Gasteiger partial charge in [0.15, 0.2) is 5.78 Å². The Kier molecular flexibility index (Phi) is 4.41. The quantitative estimate of drug-likeness (QED) is 0.616. The molecule has 1 aliphatic rings. The molecule has 22 heavy (non-hydrogen) atoms. The normalized spacial score (nSPS) is 21.2. The first kappa shape index (κ1) is 16.7. The highest BCUT2D eigenvalue weighted by atomic mass is 32.2. The van der Waals surface area contributed by atoms with Crippen molar-refractivity contribution >= 4 is 15.8 Å². The zero-order valence-corrected chi connectivity index (χ0v) is 13.9. The fourth-order valence-corrected chi connectivity index (χ4v) is 3.78. The summed E-state index contributed by atoms with van der Waals surface area (Å²) in [6, 6.07) is 8.44. The molecule has 1 aliphatic heterocycles. The second-order valence-corrected chi connectivity index (χ2v) is 9.14. The number of carbonyl (C=O) groups excluding carboxylic acids is 1. The van der Waals surface area contributed by atoms with Crippen LogP contribution in [-0.2, 0) is 10.0 Å². The number of hydrogen-bond donors (Lipinski definition) is 0. The number of ketones is 1. The molecular weight excluding hydrogens is 300 g/mol. The summed E-state index contributed by atoms with van der Waals surface area (Å²) in [4.78, 5) is 12.1. The second-order valence-electron chi connectivity index (χ2n) is 6.49. The molecule has 0 N–H and O–H groups in total. The Labute approximate surface area is 131 Å². The van der Waals surface area contributed by atoms with Gasteiger partial charge in [-0.15, -0.1) is 0 Å². The van der Waals surface area contributed by atoms with Gasteiger partial charge in [-0.1, -0.05) is 12.1 Å². The lowest BCUT2D eigenvalue weighted by Gasteiger charge is -2.20. The van der Waals surface area contributed by atoms with Crippen LogP contribution in [0.25, 0.3) is 0 Å². The van der Waals surface area contributed by atoms with E-state index >= 15 is 0 Å². The molecule has 1 saturated heterocycles. The van der Waals surface area contributed by atoms with Gasteiger partial charge in [0.05, 0.1) is 16.4 Å². The molecular formula is C16H20N2O3S. The third kappa shape index (κ3) is 3.37. The molecule has 2 atom stereocenters. The van der Waals surface area contributed by atoms with E-state index in [0.29, 0.717) is 30.5 Å². The van der Waals surface area contributed by atoms with Crippen LogP contribution in [0.5, 0.6) is 0 Å². The molecule has 1 heterocycles. The first-order valence-electron chi connectivity index (χ1n) is 7.21. The molecule has 0 bridgehead atoms. The first-order chi connectivity index (χ1) is 10.2. The summed E-state index contributed by atoms with van der Waals surface area (Å²) in [6.07, 6.45) is 0.848. The smallest absolute Gasteiger partial charge is 0.219 e. The number of sulfonamides is 1. The lowest BCUT2D eigenvalue weighted by atomic mass is 10.0. The molecule has 1 aromatic carbocycles. The topological polar surface area (TPSA) is 78.0 Å².